The van der Waals surface area contributed by atoms with Gasteiger partial charge in [0.1, 0.15) is 11.5 Å². The van der Waals surface area contributed by atoms with Crippen LogP contribution < -0.4 is 10.5 Å². The number of rotatable bonds is 5. The predicted molar refractivity (Wildman–Crippen MR) is 97.6 cm³/mol. The average Bonchev–Trinajstić information content (AvgIpc) is 2.52. The summed E-state index contributed by atoms with van der Waals surface area (Å²) in [4.78, 5) is 12.3. The van der Waals surface area contributed by atoms with E-state index in [-0.39, 0.29) is 17.6 Å². The molecule has 0 saturated heterocycles. The van der Waals surface area contributed by atoms with Crippen molar-refractivity contribution in [2.24, 2.45) is 0 Å². The van der Waals surface area contributed by atoms with Crippen molar-refractivity contribution in [3.63, 3.8) is 0 Å². The van der Waals surface area contributed by atoms with Crippen LogP contribution in [0.1, 0.15) is 40.9 Å². The Kier molecular flexibility index (Phi) is 5.29. The lowest BCUT2D eigenvalue weighted by Gasteiger charge is -2.17. The summed E-state index contributed by atoms with van der Waals surface area (Å²) in [5, 5.41) is 10.4. The van der Waals surface area contributed by atoms with Crippen molar-refractivity contribution < 1.29 is 14.6 Å². The molecule has 0 saturated carbocycles. The number of aromatic hydroxyl groups is 1. The molecule has 0 spiro atoms. The number of aryl methyl sites for hydroxylation is 2. The third kappa shape index (κ3) is 3.96. The van der Waals surface area contributed by atoms with Gasteiger partial charge in [-0.3, -0.25) is 4.79 Å². The summed E-state index contributed by atoms with van der Waals surface area (Å²) >= 11 is 0. The van der Waals surface area contributed by atoms with Crippen LogP contribution >= 0.6 is 0 Å². The SMILES string of the molecule is Cc1cc(C)c(OC(C)C)c(C=CC(=O)c2ccc(N)cc2)c1O. The third-order valence-electron chi connectivity index (χ3n) is 3.61. The second-order valence-corrected chi connectivity index (χ2v) is 6.09. The molecule has 0 heterocycles. The molecule has 0 atom stereocenters. The highest BCUT2D eigenvalue weighted by Gasteiger charge is 2.15. The van der Waals surface area contributed by atoms with Crippen molar-refractivity contribution >= 4 is 17.5 Å². The van der Waals surface area contributed by atoms with Gasteiger partial charge in [-0.05, 0) is 81.3 Å². The van der Waals surface area contributed by atoms with Gasteiger partial charge >= 0.3 is 0 Å². The number of phenols is 1. The Morgan fingerprint density at radius 2 is 1.79 bits per heavy atom. The van der Waals surface area contributed by atoms with Crippen LogP contribution in [0.5, 0.6) is 11.5 Å². The molecule has 0 aliphatic carbocycles. The number of anilines is 1. The van der Waals surface area contributed by atoms with E-state index in [2.05, 4.69) is 0 Å². The maximum absolute atomic E-state index is 12.3. The van der Waals surface area contributed by atoms with Gasteiger partial charge in [-0.1, -0.05) is 0 Å². The molecule has 4 heteroatoms. The van der Waals surface area contributed by atoms with E-state index in [9.17, 15) is 9.90 Å². The van der Waals surface area contributed by atoms with Crippen LogP contribution in [-0.2, 0) is 0 Å². The van der Waals surface area contributed by atoms with E-state index in [0.29, 0.717) is 22.6 Å². The smallest absolute Gasteiger partial charge is 0.185 e. The Balaban J connectivity index is 2.40. The van der Waals surface area contributed by atoms with Gasteiger partial charge in [-0.15, -0.1) is 0 Å². The zero-order valence-corrected chi connectivity index (χ0v) is 14.5. The molecule has 0 aliphatic rings. The summed E-state index contributed by atoms with van der Waals surface area (Å²) in [7, 11) is 0. The summed E-state index contributed by atoms with van der Waals surface area (Å²) < 4.78 is 5.83. The topological polar surface area (TPSA) is 72.5 Å². The number of carbonyl (C=O) groups excluding carboxylic acids is 1. The lowest BCUT2D eigenvalue weighted by atomic mass is 10.0. The van der Waals surface area contributed by atoms with E-state index in [0.717, 1.165) is 11.1 Å². The number of carbonyl (C=O) groups is 1. The molecule has 0 radical (unpaired) electrons. The summed E-state index contributed by atoms with van der Waals surface area (Å²) in [6, 6.07) is 8.58. The third-order valence-corrected chi connectivity index (χ3v) is 3.61. The Morgan fingerprint density at radius 3 is 2.38 bits per heavy atom. The summed E-state index contributed by atoms with van der Waals surface area (Å²) in [5.74, 6) is 0.552. The van der Waals surface area contributed by atoms with Crippen LogP contribution in [0.2, 0.25) is 0 Å². The second kappa shape index (κ2) is 7.21. The fraction of sp³-hybridized carbons (Fsp3) is 0.250. The number of allylic oxidation sites excluding steroid dienone is 1. The molecule has 126 valence electrons. The molecule has 2 aromatic rings. The van der Waals surface area contributed by atoms with Gasteiger partial charge in [0.2, 0.25) is 0 Å². The Labute approximate surface area is 142 Å². The Morgan fingerprint density at radius 1 is 1.17 bits per heavy atom. The first kappa shape index (κ1) is 17.6. The molecule has 0 amide bonds. The molecule has 3 N–H and O–H groups in total. The van der Waals surface area contributed by atoms with Crippen LogP contribution in [0.3, 0.4) is 0 Å². The Bertz CT molecular complexity index is 774. The lowest BCUT2D eigenvalue weighted by Crippen LogP contribution is -2.08. The summed E-state index contributed by atoms with van der Waals surface area (Å²) in [6.45, 7) is 7.58. The van der Waals surface area contributed by atoms with E-state index in [1.165, 1.54) is 6.08 Å². The molecule has 0 aromatic heterocycles. The van der Waals surface area contributed by atoms with Crippen LogP contribution in [0.15, 0.2) is 36.4 Å². The zero-order chi connectivity index (χ0) is 17.9. The minimum Gasteiger partial charge on any atom is -0.507 e. The molecule has 4 nitrogen and oxygen atoms in total. The highest BCUT2D eigenvalue weighted by Crippen LogP contribution is 2.36. The van der Waals surface area contributed by atoms with Gasteiger partial charge in [-0.2, -0.15) is 0 Å². The molecule has 2 rings (SSSR count). The molecule has 24 heavy (non-hydrogen) atoms. The van der Waals surface area contributed by atoms with E-state index in [4.69, 9.17) is 10.5 Å². The van der Waals surface area contributed by atoms with Crippen LogP contribution in [-0.4, -0.2) is 17.0 Å². The first-order chi connectivity index (χ1) is 11.3. The standard InChI is InChI=1S/C20H23NO3/c1-12(2)24-20-14(4)11-13(3)19(23)17(20)9-10-18(22)15-5-7-16(21)8-6-15/h5-12,23H,21H2,1-4H3. The number of ketones is 1. The van der Waals surface area contributed by atoms with E-state index < -0.39 is 0 Å². The van der Waals surface area contributed by atoms with Gasteiger partial charge in [0.15, 0.2) is 5.78 Å². The van der Waals surface area contributed by atoms with Crippen molar-refractivity contribution in [3.05, 3.63) is 58.7 Å². The van der Waals surface area contributed by atoms with Gasteiger partial charge in [0.05, 0.1) is 11.7 Å². The number of ether oxygens (including phenoxy) is 1. The summed E-state index contributed by atoms with van der Waals surface area (Å²) in [6.07, 6.45) is 3.00. The molecular formula is C20H23NO3. The van der Waals surface area contributed by atoms with Gasteiger partial charge in [0.25, 0.3) is 0 Å². The minimum absolute atomic E-state index is 0.0363. The largest absolute Gasteiger partial charge is 0.507 e. The van der Waals surface area contributed by atoms with Crippen LogP contribution in [0.25, 0.3) is 6.08 Å². The van der Waals surface area contributed by atoms with E-state index >= 15 is 0 Å². The predicted octanol–water partition coefficient (Wildman–Crippen LogP) is 4.27. The number of nitrogens with two attached hydrogens (primary N) is 1. The fourth-order valence-electron chi connectivity index (χ4n) is 2.44. The number of benzene rings is 2. The maximum atomic E-state index is 12.3. The number of hydrogen-bond acceptors (Lipinski definition) is 4. The molecule has 2 aromatic carbocycles. The average molecular weight is 325 g/mol. The molecular weight excluding hydrogens is 302 g/mol. The lowest BCUT2D eigenvalue weighted by molar-refractivity contribution is 0.104. The first-order valence-corrected chi connectivity index (χ1v) is 7.87. The van der Waals surface area contributed by atoms with Gasteiger partial charge in [-0.25, -0.2) is 0 Å². The molecule has 0 aliphatic heterocycles. The first-order valence-electron chi connectivity index (χ1n) is 7.87. The normalized spacial score (nSPS) is 11.2. The minimum atomic E-state index is -0.163. The van der Waals surface area contributed by atoms with Crippen molar-refractivity contribution in [3.8, 4) is 11.5 Å². The number of nitrogen functional groups attached to an aromatic ring is 1. The maximum Gasteiger partial charge on any atom is 0.185 e. The quantitative estimate of drug-likeness (QED) is 0.489. The molecule has 0 bridgehead atoms. The van der Waals surface area contributed by atoms with E-state index in [1.54, 1.807) is 30.3 Å². The highest BCUT2D eigenvalue weighted by molar-refractivity contribution is 6.07. The van der Waals surface area contributed by atoms with Crippen LogP contribution in [0.4, 0.5) is 5.69 Å². The zero-order valence-electron chi connectivity index (χ0n) is 14.5. The number of phenolic OH excluding ortho intramolecular Hbond substituents is 1. The van der Waals surface area contributed by atoms with Crippen molar-refractivity contribution in [1.29, 1.82) is 0 Å². The van der Waals surface area contributed by atoms with Crippen LogP contribution in [0, 0.1) is 13.8 Å². The molecule has 0 unspecified atom stereocenters. The monoisotopic (exact) mass is 325 g/mol. The van der Waals surface area contributed by atoms with Gasteiger partial charge < -0.3 is 15.6 Å². The van der Waals surface area contributed by atoms with E-state index in [1.807, 2.05) is 33.8 Å². The van der Waals surface area contributed by atoms with Crippen molar-refractivity contribution in [2.45, 2.75) is 33.8 Å². The van der Waals surface area contributed by atoms with Crippen molar-refractivity contribution in [1.82, 2.24) is 0 Å². The highest BCUT2D eigenvalue weighted by atomic mass is 16.5. The van der Waals surface area contributed by atoms with Crippen molar-refractivity contribution in [2.75, 3.05) is 5.73 Å². The Hall–Kier alpha value is -2.75. The second-order valence-electron chi connectivity index (χ2n) is 6.09. The summed E-state index contributed by atoms with van der Waals surface area (Å²) in [5.41, 5.74) is 8.95. The van der Waals surface area contributed by atoms with Gasteiger partial charge in [0, 0.05) is 11.3 Å². The number of hydrogen-bond donors (Lipinski definition) is 2. The molecule has 0 fully saturated rings. The fourth-order valence-corrected chi connectivity index (χ4v) is 2.44.